The van der Waals surface area contributed by atoms with Crippen LogP contribution < -0.4 is 11.1 Å². The Morgan fingerprint density at radius 1 is 1.13 bits per heavy atom. The van der Waals surface area contributed by atoms with Gasteiger partial charge in [0.2, 0.25) is 15.8 Å². The average molecular weight is 560 g/mol. The van der Waals surface area contributed by atoms with Crippen LogP contribution >= 0.6 is 11.3 Å². The van der Waals surface area contributed by atoms with Crippen LogP contribution in [-0.2, 0) is 10.0 Å². The number of ketones is 1. The molecule has 1 aliphatic heterocycles. The van der Waals surface area contributed by atoms with Crippen molar-refractivity contribution in [1.82, 2.24) is 23.8 Å². The Morgan fingerprint density at radius 3 is 2.45 bits per heavy atom. The summed E-state index contributed by atoms with van der Waals surface area (Å²) in [5.74, 6) is -2.41. The highest BCUT2D eigenvalue weighted by molar-refractivity contribution is 7.89. The molecule has 14 heteroatoms. The Morgan fingerprint density at radius 2 is 1.84 bits per heavy atom. The van der Waals surface area contributed by atoms with Gasteiger partial charge in [0.1, 0.15) is 39.4 Å². The minimum Gasteiger partial charge on any atom is -0.382 e. The van der Waals surface area contributed by atoms with Crippen molar-refractivity contribution < 1.29 is 22.0 Å². The molecule has 38 heavy (non-hydrogen) atoms. The van der Waals surface area contributed by atoms with Gasteiger partial charge in [-0.15, -0.1) is 0 Å². The molecule has 1 saturated heterocycles. The Balaban J connectivity index is 1.22. The van der Waals surface area contributed by atoms with Gasteiger partial charge in [0, 0.05) is 31.5 Å². The Labute approximate surface area is 221 Å². The van der Waals surface area contributed by atoms with Gasteiger partial charge in [-0.2, -0.15) is 4.31 Å². The zero-order valence-corrected chi connectivity index (χ0v) is 21.8. The third kappa shape index (κ3) is 5.01. The van der Waals surface area contributed by atoms with Crippen molar-refractivity contribution >= 4 is 38.1 Å². The van der Waals surface area contributed by atoms with Gasteiger partial charge in [-0.1, -0.05) is 17.4 Å². The van der Waals surface area contributed by atoms with Crippen molar-refractivity contribution in [3.8, 4) is 5.82 Å². The Hall–Kier alpha value is -3.75. The number of anilines is 2. The molecule has 0 amide bonds. The number of sulfonamides is 1. The molecule has 4 heterocycles. The number of nitrogens with two attached hydrogens (primary N) is 1. The molecular formula is C24H23F2N7O3S2. The van der Waals surface area contributed by atoms with Crippen molar-refractivity contribution in [2.75, 3.05) is 24.1 Å². The first kappa shape index (κ1) is 25.9. The lowest BCUT2D eigenvalue weighted by Gasteiger charge is -2.31. The number of rotatable bonds is 7. The van der Waals surface area contributed by atoms with Gasteiger partial charge in [-0.05, 0) is 44.0 Å². The predicted octanol–water partition coefficient (Wildman–Crippen LogP) is 3.39. The third-order valence-electron chi connectivity index (χ3n) is 6.17. The number of benzene rings is 1. The highest BCUT2D eigenvalue weighted by Crippen LogP contribution is 2.31. The lowest BCUT2D eigenvalue weighted by molar-refractivity contribution is 0.103. The summed E-state index contributed by atoms with van der Waals surface area (Å²) in [6, 6.07) is 6.18. The summed E-state index contributed by atoms with van der Waals surface area (Å²) < 4.78 is 57.5. The van der Waals surface area contributed by atoms with Crippen LogP contribution in [0.4, 0.5) is 19.7 Å². The molecule has 1 aromatic carbocycles. The number of halogens is 2. The SMILES string of the molecule is Cc1cn(-c2ccc(S(=O)(=O)N3CCC(Nc4nc(N)c(C(=O)c5c(F)cccc5F)s4)CC3)cn2)cn1. The fraction of sp³-hybridized carbons (Fsp3) is 0.250. The normalized spacial score (nSPS) is 15.0. The van der Waals surface area contributed by atoms with E-state index >= 15 is 0 Å². The number of pyridine rings is 1. The Bertz CT molecular complexity index is 1580. The average Bonchev–Trinajstić information content (AvgIpc) is 3.49. The zero-order chi connectivity index (χ0) is 27.0. The number of nitrogens with one attached hydrogen (secondary N) is 1. The number of piperidine rings is 1. The number of carbonyl (C=O) groups excluding carboxylic acids is 1. The second kappa shape index (κ2) is 10.2. The molecule has 3 aromatic heterocycles. The summed E-state index contributed by atoms with van der Waals surface area (Å²) >= 11 is 0.901. The molecule has 0 aliphatic carbocycles. The molecule has 0 atom stereocenters. The van der Waals surface area contributed by atoms with Crippen LogP contribution in [0.15, 0.2) is 53.9 Å². The molecule has 0 saturated carbocycles. The summed E-state index contributed by atoms with van der Waals surface area (Å²) in [5, 5.41) is 3.48. The number of hydrogen-bond acceptors (Lipinski definition) is 9. The van der Waals surface area contributed by atoms with E-state index in [1.165, 1.54) is 22.6 Å². The molecule has 1 aliphatic rings. The van der Waals surface area contributed by atoms with Gasteiger partial charge < -0.3 is 11.1 Å². The molecule has 0 spiro atoms. The number of aryl methyl sites for hydroxylation is 1. The number of nitrogen functional groups attached to an aromatic ring is 1. The first-order valence-electron chi connectivity index (χ1n) is 11.6. The number of hydrogen-bond donors (Lipinski definition) is 2. The maximum absolute atomic E-state index is 14.1. The maximum atomic E-state index is 14.1. The molecular weight excluding hydrogens is 536 g/mol. The number of nitrogens with zero attached hydrogens (tertiary/aromatic N) is 5. The van der Waals surface area contributed by atoms with E-state index in [2.05, 4.69) is 20.3 Å². The summed E-state index contributed by atoms with van der Waals surface area (Å²) in [7, 11) is -3.74. The molecule has 3 N–H and O–H groups in total. The fourth-order valence-corrected chi connectivity index (χ4v) is 6.50. The van der Waals surface area contributed by atoms with Crippen molar-refractivity contribution in [3.63, 3.8) is 0 Å². The molecule has 0 unspecified atom stereocenters. The molecule has 1 fully saturated rings. The highest BCUT2D eigenvalue weighted by atomic mass is 32.2. The number of imidazole rings is 1. The van der Waals surface area contributed by atoms with Gasteiger partial charge in [0.25, 0.3) is 0 Å². The van der Waals surface area contributed by atoms with Crippen LogP contribution in [0.3, 0.4) is 0 Å². The van der Waals surface area contributed by atoms with Gasteiger partial charge in [-0.3, -0.25) is 9.36 Å². The van der Waals surface area contributed by atoms with Crippen LogP contribution in [0.2, 0.25) is 0 Å². The summed E-state index contributed by atoms with van der Waals surface area (Å²) in [6.45, 7) is 2.37. The largest absolute Gasteiger partial charge is 0.382 e. The summed E-state index contributed by atoms with van der Waals surface area (Å²) in [4.78, 5) is 25.3. The molecule has 0 radical (unpaired) electrons. The number of thiazole rings is 1. The van der Waals surface area contributed by atoms with Crippen LogP contribution in [-0.4, -0.2) is 57.2 Å². The van der Waals surface area contributed by atoms with Gasteiger partial charge >= 0.3 is 0 Å². The van der Waals surface area contributed by atoms with E-state index in [9.17, 15) is 22.0 Å². The molecule has 0 bridgehead atoms. The van der Waals surface area contributed by atoms with E-state index < -0.39 is 33.0 Å². The van der Waals surface area contributed by atoms with Crippen molar-refractivity contribution in [1.29, 1.82) is 0 Å². The zero-order valence-electron chi connectivity index (χ0n) is 20.1. The first-order chi connectivity index (χ1) is 18.1. The van der Waals surface area contributed by atoms with E-state index in [1.54, 1.807) is 23.2 Å². The van der Waals surface area contributed by atoms with E-state index in [-0.39, 0.29) is 34.7 Å². The van der Waals surface area contributed by atoms with E-state index in [1.807, 2.05) is 6.92 Å². The van der Waals surface area contributed by atoms with E-state index in [0.717, 1.165) is 29.2 Å². The number of aromatic nitrogens is 4. The lowest BCUT2D eigenvalue weighted by Crippen LogP contribution is -2.42. The number of carbonyl (C=O) groups is 1. The van der Waals surface area contributed by atoms with Gasteiger partial charge in [0.15, 0.2) is 5.13 Å². The smallest absolute Gasteiger partial charge is 0.244 e. The standard InChI is InChI=1S/C24H23F2N7O3S2/c1-14-12-32(13-29-14)19-6-5-16(11-28-19)38(35,36)33-9-7-15(8-10-33)30-24-31-23(27)22(37-24)21(34)20-17(25)3-2-4-18(20)26/h2-6,11-13,15H,7-10,27H2,1H3,(H,30,31). The van der Waals surface area contributed by atoms with E-state index in [0.29, 0.717) is 23.8 Å². The van der Waals surface area contributed by atoms with Gasteiger partial charge in [0.05, 0.1) is 11.3 Å². The minimum absolute atomic E-state index is 0.0710. The first-order valence-corrected chi connectivity index (χ1v) is 13.9. The topological polar surface area (TPSA) is 136 Å². The van der Waals surface area contributed by atoms with Crippen LogP contribution in [0.25, 0.3) is 5.82 Å². The molecule has 5 rings (SSSR count). The monoisotopic (exact) mass is 559 g/mol. The molecule has 4 aromatic rings. The van der Waals surface area contributed by atoms with Crippen molar-refractivity contribution in [2.45, 2.75) is 30.7 Å². The summed E-state index contributed by atoms with van der Waals surface area (Å²) in [5.41, 5.74) is 6.01. The highest BCUT2D eigenvalue weighted by Gasteiger charge is 2.31. The maximum Gasteiger partial charge on any atom is 0.244 e. The molecule has 198 valence electrons. The van der Waals surface area contributed by atoms with Crippen LogP contribution in [0.1, 0.15) is 33.8 Å². The fourth-order valence-electron chi connectivity index (χ4n) is 4.17. The van der Waals surface area contributed by atoms with Crippen LogP contribution in [0, 0.1) is 18.6 Å². The second-order valence-corrected chi connectivity index (χ2v) is 11.7. The summed E-state index contributed by atoms with van der Waals surface area (Å²) in [6.07, 6.45) is 5.69. The lowest BCUT2D eigenvalue weighted by atomic mass is 10.1. The van der Waals surface area contributed by atoms with Crippen LogP contribution in [0.5, 0.6) is 0 Å². The predicted molar refractivity (Wildman–Crippen MR) is 138 cm³/mol. The second-order valence-electron chi connectivity index (χ2n) is 8.76. The van der Waals surface area contributed by atoms with Gasteiger partial charge in [-0.25, -0.2) is 32.2 Å². The van der Waals surface area contributed by atoms with Crippen molar-refractivity contribution in [2.24, 2.45) is 0 Å². The Kier molecular flexibility index (Phi) is 6.94. The molecule has 10 nitrogen and oxygen atoms in total. The third-order valence-corrected chi connectivity index (χ3v) is 9.05. The minimum atomic E-state index is -3.74. The van der Waals surface area contributed by atoms with E-state index in [4.69, 9.17) is 5.73 Å². The quantitative estimate of drug-likeness (QED) is 0.329. The van der Waals surface area contributed by atoms with Crippen molar-refractivity contribution in [3.05, 3.63) is 76.8 Å².